The van der Waals surface area contributed by atoms with Gasteiger partial charge in [-0.05, 0) is 26.1 Å². The van der Waals surface area contributed by atoms with Crippen LogP contribution in [0.3, 0.4) is 0 Å². The van der Waals surface area contributed by atoms with E-state index in [2.05, 4.69) is 0 Å². The van der Waals surface area contributed by atoms with Crippen LogP contribution in [-0.4, -0.2) is 42.8 Å². The van der Waals surface area contributed by atoms with Crippen LogP contribution in [0.25, 0.3) is 0 Å². The van der Waals surface area contributed by atoms with E-state index in [1.807, 2.05) is 11.9 Å². The quantitative estimate of drug-likeness (QED) is 0.731. The van der Waals surface area contributed by atoms with E-state index in [1.54, 1.807) is 19.1 Å². The molecule has 1 aromatic rings. The molecule has 1 N–H and O–H groups in total. The summed E-state index contributed by atoms with van der Waals surface area (Å²) in [6.07, 6.45) is 0. The molecule has 0 saturated heterocycles. The van der Waals surface area contributed by atoms with Gasteiger partial charge < -0.3 is 14.3 Å². The molecule has 0 spiro atoms. The van der Waals surface area contributed by atoms with Crippen LogP contribution in [0.5, 0.6) is 0 Å². The number of hydrogen-bond acceptors (Lipinski definition) is 5. The molecule has 0 radical (unpaired) electrons. The van der Waals surface area contributed by atoms with Crippen LogP contribution in [0.4, 0.5) is 0 Å². The van der Waals surface area contributed by atoms with Gasteiger partial charge in [0.15, 0.2) is 0 Å². The third-order valence-corrected chi connectivity index (χ3v) is 2.05. The first-order valence-corrected chi connectivity index (χ1v) is 5.22. The maximum absolute atomic E-state index is 11.3. The molecule has 0 aromatic carbocycles. The van der Waals surface area contributed by atoms with E-state index in [4.69, 9.17) is 14.3 Å². The third kappa shape index (κ3) is 3.67. The first kappa shape index (κ1) is 12.7. The highest BCUT2D eigenvalue weighted by Gasteiger charge is 2.12. The van der Waals surface area contributed by atoms with Crippen molar-refractivity contribution >= 4 is 5.97 Å². The lowest BCUT2D eigenvalue weighted by Crippen LogP contribution is -2.21. The maximum Gasteiger partial charge on any atom is 0.374 e. The van der Waals surface area contributed by atoms with Gasteiger partial charge in [-0.1, -0.05) is 0 Å². The van der Waals surface area contributed by atoms with Crippen LogP contribution in [0.1, 0.15) is 23.2 Å². The summed E-state index contributed by atoms with van der Waals surface area (Å²) in [4.78, 5) is 13.2. The van der Waals surface area contributed by atoms with Gasteiger partial charge in [0, 0.05) is 6.54 Å². The van der Waals surface area contributed by atoms with Crippen LogP contribution in [0.2, 0.25) is 0 Å². The van der Waals surface area contributed by atoms with Crippen molar-refractivity contribution < 1.29 is 19.1 Å². The fourth-order valence-corrected chi connectivity index (χ4v) is 1.29. The monoisotopic (exact) mass is 227 g/mol. The average molecular weight is 227 g/mol. The number of carbonyl (C=O) groups excluding carboxylic acids is 1. The summed E-state index contributed by atoms with van der Waals surface area (Å²) in [6.45, 7) is 3.30. The summed E-state index contributed by atoms with van der Waals surface area (Å²) in [5, 5.41) is 8.73. The Kier molecular flexibility index (Phi) is 5.01. The highest BCUT2D eigenvalue weighted by molar-refractivity contribution is 5.86. The Labute approximate surface area is 94.6 Å². The van der Waals surface area contributed by atoms with Gasteiger partial charge >= 0.3 is 5.97 Å². The highest BCUT2D eigenvalue weighted by Crippen LogP contribution is 2.11. The van der Waals surface area contributed by atoms with E-state index >= 15 is 0 Å². The van der Waals surface area contributed by atoms with E-state index in [-0.39, 0.29) is 12.4 Å². The molecule has 0 aliphatic heterocycles. The zero-order valence-electron chi connectivity index (χ0n) is 9.60. The number of nitrogens with zero attached hydrogens (tertiary/aromatic N) is 1. The Bertz CT molecular complexity index is 334. The molecule has 0 unspecified atom stereocenters. The number of ether oxygens (including phenoxy) is 1. The molecule has 1 aromatic heterocycles. The first-order chi connectivity index (χ1) is 7.67. The minimum Gasteiger partial charge on any atom is -0.460 e. The molecule has 0 amide bonds. The van der Waals surface area contributed by atoms with Crippen LogP contribution in [-0.2, 0) is 11.3 Å². The normalized spacial score (nSPS) is 10.8. The van der Waals surface area contributed by atoms with Gasteiger partial charge in [-0.25, -0.2) is 4.79 Å². The van der Waals surface area contributed by atoms with Crippen LogP contribution in [0.15, 0.2) is 16.5 Å². The molecule has 16 heavy (non-hydrogen) atoms. The summed E-state index contributed by atoms with van der Waals surface area (Å²) in [6, 6.07) is 3.33. The fraction of sp³-hybridized carbons (Fsp3) is 0.545. The Morgan fingerprint density at radius 2 is 2.31 bits per heavy atom. The number of aliphatic hydroxyl groups is 1. The van der Waals surface area contributed by atoms with Crippen molar-refractivity contribution in [1.82, 2.24) is 4.90 Å². The molecule has 0 atom stereocenters. The van der Waals surface area contributed by atoms with E-state index in [0.29, 0.717) is 25.5 Å². The SMILES string of the molecule is CCOC(=O)c1ccc(CN(C)CCO)o1. The van der Waals surface area contributed by atoms with E-state index in [1.165, 1.54) is 0 Å². The number of aliphatic hydroxyl groups excluding tert-OH is 1. The first-order valence-electron chi connectivity index (χ1n) is 5.22. The second-order valence-electron chi connectivity index (χ2n) is 3.45. The van der Waals surface area contributed by atoms with Gasteiger partial charge in [-0.15, -0.1) is 0 Å². The van der Waals surface area contributed by atoms with Gasteiger partial charge in [-0.3, -0.25) is 4.90 Å². The molecule has 1 rings (SSSR count). The fourth-order valence-electron chi connectivity index (χ4n) is 1.29. The Balaban J connectivity index is 2.54. The average Bonchev–Trinajstić information content (AvgIpc) is 2.67. The van der Waals surface area contributed by atoms with Gasteiger partial charge in [0.2, 0.25) is 5.76 Å². The molecular weight excluding hydrogens is 210 g/mol. The molecule has 0 bridgehead atoms. The number of hydrogen-bond donors (Lipinski definition) is 1. The number of carbonyl (C=O) groups is 1. The Morgan fingerprint density at radius 1 is 1.56 bits per heavy atom. The van der Waals surface area contributed by atoms with Gasteiger partial charge in [0.05, 0.1) is 19.8 Å². The lowest BCUT2D eigenvalue weighted by molar-refractivity contribution is 0.0486. The van der Waals surface area contributed by atoms with Crippen LogP contribution < -0.4 is 0 Å². The topological polar surface area (TPSA) is 62.9 Å². The van der Waals surface area contributed by atoms with Crippen molar-refractivity contribution in [3.8, 4) is 0 Å². The summed E-state index contributed by atoms with van der Waals surface area (Å²) in [7, 11) is 1.86. The number of esters is 1. The van der Waals surface area contributed by atoms with Crippen molar-refractivity contribution in [3.05, 3.63) is 23.7 Å². The number of likely N-dealkylation sites (N-methyl/N-ethyl adjacent to an activating group) is 1. The zero-order chi connectivity index (χ0) is 12.0. The molecule has 5 nitrogen and oxygen atoms in total. The van der Waals surface area contributed by atoms with E-state index in [9.17, 15) is 4.79 Å². The number of rotatable bonds is 6. The molecule has 1 heterocycles. The predicted octanol–water partition coefficient (Wildman–Crippen LogP) is 0.880. The van der Waals surface area contributed by atoms with Crippen molar-refractivity contribution in [3.63, 3.8) is 0 Å². The van der Waals surface area contributed by atoms with Crippen LogP contribution in [0, 0.1) is 0 Å². The lowest BCUT2D eigenvalue weighted by Gasteiger charge is -2.12. The molecule has 0 aliphatic rings. The molecule has 0 fully saturated rings. The minimum atomic E-state index is -0.446. The lowest BCUT2D eigenvalue weighted by atomic mass is 10.4. The van der Waals surface area contributed by atoms with Crippen molar-refractivity contribution in [2.75, 3.05) is 26.8 Å². The molecule has 90 valence electrons. The summed E-state index contributed by atoms with van der Waals surface area (Å²) < 4.78 is 10.1. The number of furan rings is 1. The summed E-state index contributed by atoms with van der Waals surface area (Å²) in [5.41, 5.74) is 0. The molecular formula is C11H17NO4. The van der Waals surface area contributed by atoms with Crippen molar-refractivity contribution in [1.29, 1.82) is 0 Å². The van der Waals surface area contributed by atoms with Crippen LogP contribution >= 0.6 is 0 Å². The van der Waals surface area contributed by atoms with Crippen molar-refractivity contribution in [2.45, 2.75) is 13.5 Å². The summed E-state index contributed by atoms with van der Waals surface area (Å²) in [5.74, 6) is 0.451. The van der Waals surface area contributed by atoms with Gasteiger partial charge in [-0.2, -0.15) is 0 Å². The molecule has 0 aliphatic carbocycles. The third-order valence-electron chi connectivity index (χ3n) is 2.05. The van der Waals surface area contributed by atoms with Gasteiger partial charge in [0.1, 0.15) is 5.76 Å². The second-order valence-corrected chi connectivity index (χ2v) is 3.45. The highest BCUT2D eigenvalue weighted by atomic mass is 16.5. The van der Waals surface area contributed by atoms with Crippen molar-refractivity contribution in [2.24, 2.45) is 0 Å². The second kappa shape index (κ2) is 6.30. The van der Waals surface area contributed by atoms with E-state index in [0.717, 1.165) is 0 Å². The standard InChI is InChI=1S/C11H17NO4/c1-3-15-11(14)10-5-4-9(16-10)8-12(2)6-7-13/h4-5,13H,3,6-8H2,1-2H3. The summed E-state index contributed by atoms with van der Waals surface area (Å²) >= 11 is 0. The minimum absolute atomic E-state index is 0.0991. The molecule has 0 saturated carbocycles. The largest absolute Gasteiger partial charge is 0.460 e. The molecule has 5 heteroatoms. The predicted molar refractivity (Wildman–Crippen MR) is 58.1 cm³/mol. The van der Waals surface area contributed by atoms with E-state index < -0.39 is 5.97 Å². The smallest absolute Gasteiger partial charge is 0.374 e. The zero-order valence-corrected chi connectivity index (χ0v) is 9.60. The Hall–Kier alpha value is -1.33. The van der Waals surface area contributed by atoms with Gasteiger partial charge in [0.25, 0.3) is 0 Å². The Morgan fingerprint density at radius 3 is 2.94 bits per heavy atom. The maximum atomic E-state index is 11.3.